The normalized spacial score (nSPS) is 30.4. The molecule has 1 fully saturated rings. The molecule has 0 aromatic heterocycles. The van der Waals surface area contributed by atoms with Crippen LogP contribution in [-0.4, -0.2) is 33.8 Å². The maximum atomic E-state index is 11.8. The first-order chi connectivity index (χ1) is 7.93. The standard InChI is InChI=1S/C12H26N2O2S/c1-10-7-11(2)9-12(8-10)14-17(15,16)6-4-5-13-3/h10-14H,4-9H2,1-3H3. The molecule has 1 rings (SSSR count). The number of nitrogens with one attached hydrogen (secondary N) is 2. The predicted octanol–water partition coefficient (Wildman–Crippen LogP) is 1.34. The molecule has 0 spiro atoms. The highest BCUT2D eigenvalue weighted by molar-refractivity contribution is 7.89. The summed E-state index contributed by atoms with van der Waals surface area (Å²) in [5.41, 5.74) is 0. The Morgan fingerprint density at radius 3 is 2.24 bits per heavy atom. The Morgan fingerprint density at radius 2 is 1.71 bits per heavy atom. The maximum Gasteiger partial charge on any atom is 0.211 e. The lowest BCUT2D eigenvalue weighted by Crippen LogP contribution is -2.41. The molecule has 0 heterocycles. The molecule has 1 aliphatic carbocycles. The molecule has 0 aromatic carbocycles. The molecule has 5 heteroatoms. The Kier molecular flexibility index (Phi) is 5.89. The second-order valence-corrected chi connectivity index (χ2v) is 7.38. The van der Waals surface area contributed by atoms with Crippen molar-refractivity contribution in [2.45, 2.75) is 45.6 Å². The zero-order chi connectivity index (χ0) is 12.9. The third kappa shape index (κ3) is 5.84. The van der Waals surface area contributed by atoms with Gasteiger partial charge in [-0.25, -0.2) is 13.1 Å². The van der Waals surface area contributed by atoms with Crippen molar-refractivity contribution in [3.8, 4) is 0 Å². The van der Waals surface area contributed by atoms with Crippen LogP contribution in [0, 0.1) is 11.8 Å². The summed E-state index contributed by atoms with van der Waals surface area (Å²) in [6, 6.07) is 0.147. The molecule has 2 atom stereocenters. The Hall–Kier alpha value is -0.130. The van der Waals surface area contributed by atoms with Crippen molar-refractivity contribution in [1.29, 1.82) is 0 Å². The van der Waals surface area contributed by atoms with Crippen molar-refractivity contribution >= 4 is 10.0 Å². The SMILES string of the molecule is CNCCCS(=O)(=O)NC1CC(C)CC(C)C1. The monoisotopic (exact) mass is 262 g/mol. The molecule has 102 valence electrons. The van der Waals surface area contributed by atoms with Gasteiger partial charge >= 0.3 is 0 Å². The van der Waals surface area contributed by atoms with Crippen LogP contribution < -0.4 is 10.0 Å². The van der Waals surface area contributed by atoms with Crippen LogP contribution in [0.5, 0.6) is 0 Å². The lowest BCUT2D eigenvalue weighted by atomic mass is 9.81. The molecule has 0 aromatic rings. The Labute approximate surface area is 106 Å². The van der Waals surface area contributed by atoms with E-state index in [0.29, 0.717) is 18.3 Å². The Bertz CT molecular complexity index is 306. The first-order valence-corrected chi connectivity index (χ1v) is 8.22. The van der Waals surface area contributed by atoms with Crippen molar-refractivity contribution in [3.63, 3.8) is 0 Å². The summed E-state index contributed by atoms with van der Waals surface area (Å²) >= 11 is 0. The first-order valence-electron chi connectivity index (χ1n) is 6.57. The van der Waals surface area contributed by atoms with E-state index in [1.165, 1.54) is 6.42 Å². The lowest BCUT2D eigenvalue weighted by molar-refractivity contribution is 0.257. The van der Waals surface area contributed by atoms with Gasteiger partial charge in [0.05, 0.1) is 5.75 Å². The molecule has 2 N–H and O–H groups in total. The summed E-state index contributed by atoms with van der Waals surface area (Å²) in [6.45, 7) is 5.16. The van der Waals surface area contributed by atoms with Crippen LogP contribution in [-0.2, 0) is 10.0 Å². The fraction of sp³-hybridized carbons (Fsp3) is 1.00. The summed E-state index contributed by atoms with van der Waals surface area (Å²) in [4.78, 5) is 0. The lowest BCUT2D eigenvalue weighted by Gasteiger charge is -2.31. The smallest absolute Gasteiger partial charge is 0.211 e. The molecule has 2 unspecified atom stereocenters. The molecule has 1 saturated carbocycles. The molecular weight excluding hydrogens is 236 g/mol. The topological polar surface area (TPSA) is 58.2 Å². The van der Waals surface area contributed by atoms with E-state index in [-0.39, 0.29) is 11.8 Å². The molecule has 17 heavy (non-hydrogen) atoms. The van der Waals surface area contributed by atoms with Crippen molar-refractivity contribution in [2.75, 3.05) is 19.3 Å². The van der Waals surface area contributed by atoms with Gasteiger partial charge in [-0.15, -0.1) is 0 Å². The number of hydrogen-bond acceptors (Lipinski definition) is 3. The van der Waals surface area contributed by atoms with Gasteiger partial charge in [0.2, 0.25) is 10.0 Å². The van der Waals surface area contributed by atoms with Crippen LogP contribution in [0.4, 0.5) is 0 Å². The van der Waals surface area contributed by atoms with E-state index in [9.17, 15) is 8.42 Å². The average molecular weight is 262 g/mol. The van der Waals surface area contributed by atoms with Gasteiger partial charge in [0.1, 0.15) is 0 Å². The molecule has 0 bridgehead atoms. The van der Waals surface area contributed by atoms with Crippen molar-refractivity contribution in [3.05, 3.63) is 0 Å². The molecule has 0 saturated heterocycles. The summed E-state index contributed by atoms with van der Waals surface area (Å²) < 4.78 is 26.6. The number of rotatable bonds is 6. The van der Waals surface area contributed by atoms with Gasteiger partial charge in [0.25, 0.3) is 0 Å². The number of hydrogen-bond donors (Lipinski definition) is 2. The summed E-state index contributed by atoms with van der Waals surface area (Å²) in [5.74, 6) is 1.49. The molecule has 4 nitrogen and oxygen atoms in total. The molecule has 0 amide bonds. The number of sulfonamides is 1. The Morgan fingerprint density at radius 1 is 1.12 bits per heavy atom. The van der Waals surface area contributed by atoms with Crippen LogP contribution in [0.3, 0.4) is 0 Å². The van der Waals surface area contributed by atoms with E-state index >= 15 is 0 Å². The van der Waals surface area contributed by atoms with Crippen molar-refractivity contribution in [1.82, 2.24) is 10.0 Å². The van der Waals surface area contributed by atoms with Crippen LogP contribution in [0.2, 0.25) is 0 Å². The average Bonchev–Trinajstić information content (AvgIpc) is 2.14. The zero-order valence-electron chi connectivity index (χ0n) is 11.2. The van der Waals surface area contributed by atoms with Crippen LogP contribution >= 0.6 is 0 Å². The highest BCUT2D eigenvalue weighted by Gasteiger charge is 2.26. The minimum Gasteiger partial charge on any atom is -0.320 e. The van der Waals surface area contributed by atoms with Crippen LogP contribution in [0.15, 0.2) is 0 Å². The molecule has 0 aliphatic heterocycles. The fourth-order valence-corrected chi connectivity index (χ4v) is 4.14. The van der Waals surface area contributed by atoms with Gasteiger partial charge in [0.15, 0.2) is 0 Å². The van der Waals surface area contributed by atoms with E-state index in [4.69, 9.17) is 0 Å². The van der Waals surface area contributed by atoms with E-state index in [0.717, 1.165) is 19.4 Å². The summed E-state index contributed by atoms with van der Waals surface area (Å²) in [7, 11) is -1.25. The predicted molar refractivity (Wildman–Crippen MR) is 71.4 cm³/mol. The van der Waals surface area contributed by atoms with Crippen LogP contribution in [0.1, 0.15) is 39.5 Å². The van der Waals surface area contributed by atoms with E-state index in [1.807, 2.05) is 7.05 Å². The third-order valence-electron chi connectivity index (χ3n) is 3.36. The minimum absolute atomic E-state index is 0.147. The van der Waals surface area contributed by atoms with Gasteiger partial charge in [-0.3, -0.25) is 0 Å². The quantitative estimate of drug-likeness (QED) is 0.710. The highest BCUT2D eigenvalue weighted by Crippen LogP contribution is 2.28. The van der Waals surface area contributed by atoms with Crippen LogP contribution in [0.25, 0.3) is 0 Å². The van der Waals surface area contributed by atoms with Crippen molar-refractivity contribution in [2.24, 2.45) is 11.8 Å². The van der Waals surface area contributed by atoms with Gasteiger partial charge in [-0.2, -0.15) is 0 Å². The van der Waals surface area contributed by atoms with E-state index < -0.39 is 10.0 Å². The van der Waals surface area contributed by atoms with Gasteiger partial charge in [-0.1, -0.05) is 13.8 Å². The summed E-state index contributed by atoms with van der Waals surface area (Å²) in [5, 5.41) is 2.97. The van der Waals surface area contributed by atoms with Crippen molar-refractivity contribution < 1.29 is 8.42 Å². The van der Waals surface area contributed by atoms with E-state index in [1.54, 1.807) is 0 Å². The second-order valence-electron chi connectivity index (χ2n) is 5.51. The van der Waals surface area contributed by atoms with E-state index in [2.05, 4.69) is 23.9 Å². The first kappa shape index (κ1) is 14.9. The van der Waals surface area contributed by atoms with Gasteiger partial charge in [-0.05, 0) is 51.1 Å². The fourth-order valence-electron chi connectivity index (χ4n) is 2.80. The Balaban J connectivity index is 2.41. The van der Waals surface area contributed by atoms with Gasteiger partial charge in [0, 0.05) is 6.04 Å². The molecule has 1 aliphatic rings. The zero-order valence-corrected chi connectivity index (χ0v) is 12.0. The van der Waals surface area contributed by atoms with Gasteiger partial charge < -0.3 is 5.32 Å². The summed E-state index contributed by atoms with van der Waals surface area (Å²) in [6.07, 6.45) is 3.85. The highest BCUT2D eigenvalue weighted by atomic mass is 32.2. The second kappa shape index (κ2) is 6.71. The molecular formula is C12H26N2O2S. The maximum absolute atomic E-state index is 11.8. The largest absolute Gasteiger partial charge is 0.320 e. The third-order valence-corrected chi connectivity index (χ3v) is 4.88. The minimum atomic E-state index is -3.09. The molecule has 0 radical (unpaired) electrons.